The molecule has 3 amide bonds. The Hall–Kier alpha value is -2.71. The minimum Gasteiger partial charge on any atom is -0.334 e. The van der Waals surface area contributed by atoms with Crippen molar-refractivity contribution in [3.63, 3.8) is 0 Å². The Kier molecular flexibility index (Phi) is 4.95. The van der Waals surface area contributed by atoms with Gasteiger partial charge in [0.15, 0.2) is 0 Å². The average Bonchev–Trinajstić information content (AvgIpc) is 2.61. The number of nitro groups is 1. The van der Waals surface area contributed by atoms with Crippen molar-refractivity contribution in [2.45, 2.75) is 20.4 Å². The number of carbonyl (C=O) groups is 2. The van der Waals surface area contributed by atoms with Crippen LogP contribution in [-0.2, 0) is 11.3 Å². The van der Waals surface area contributed by atoms with Crippen molar-refractivity contribution in [3.05, 3.63) is 34.2 Å². The maximum Gasteiger partial charge on any atom is 0.321 e. The first kappa shape index (κ1) is 15.3. The van der Waals surface area contributed by atoms with Crippen molar-refractivity contribution < 1.29 is 14.5 Å². The van der Waals surface area contributed by atoms with Gasteiger partial charge in [-0.25, -0.2) is 4.79 Å². The lowest BCUT2D eigenvalue weighted by Gasteiger charge is -2.05. The van der Waals surface area contributed by atoms with Gasteiger partial charge in [0.1, 0.15) is 17.9 Å². The highest BCUT2D eigenvalue weighted by atomic mass is 16.6. The van der Waals surface area contributed by atoms with Crippen LogP contribution in [0.4, 0.5) is 10.5 Å². The van der Waals surface area contributed by atoms with E-state index in [0.29, 0.717) is 0 Å². The molecule has 0 atom stereocenters. The standard InChI is InChI=1S/C11H15N5O4/c1-4-5-12-11(18)13-9(17)6-15-8(3)10(16(19)20)7(2)14-15/h4H,1,5-6H2,2-3H3,(H2,12,13,17,18). The van der Waals surface area contributed by atoms with Gasteiger partial charge >= 0.3 is 11.7 Å². The second kappa shape index (κ2) is 6.45. The van der Waals surface area contributed by atoms with Crippen LogP contribution in [0.5, 0.6) is 0 Å². The normalized spacial score (nSPS) is 9.90. The number of aryl methyl sites for hydroxylation is 1. The molecular formula is C11H15N5O4. The van der Waals surface area contributed by atoms with Crippen molar-refractivity contribution in [3.8, 4) is 0 Å². The van der Waals surface area contributed by atoms with Gasteiger partial charge in [-0.1, -0.05) is 6.08 Å². The molecule has 0 aliphatic heterocycles. The third kappa shape index (κ3) is 3.64. The monoisotopic (exact) mass is 281 g/mol. The smallest absolute Gasteiger partial charge is 0.321 e. The quantitative estimate of drug-likeness (QED) is 0.460. The molecule has 0 bridgehead atoms. The van der Waals surface area contributed by atoms with Crippen molar-refractivity contribution >= 4 is 17.6 Å². The Labute approximate surface area is 114 Å². The summed E-state index contributed by atoms with van der Waals surface area (Å²) < 4.78 is 1.18. The fourth-order valence-corrected chi connectivity index (χ4v) is 1.62. The molecule has 1 aromatic heterocycles. The van der Waals surface area contributed by atoms with Crippen molar-refractivity contribution in [2.24, 2.45) is 0 Å². The number of carbonyl (C=O) groups excluding carboxylic acids is 2. The number of hydrogen-bond acceptors (Lipinski definition) is 5. The molecule has 0 aliphatic rings. The second-order valence-corrected chi connectivity index (χ2v) is 3.98. The van der Waals surface area contributed by atoms with E-state index in [1.807, 2.05) is 0 Å². The lowest BCUT2D eigenvalue weighted by molar-refractivity contribution is -0.386. The maximum absolute atomic E-state index is 11.6. The summed E-state index contributed by atoms with van der Waals surface area (Å²) in [6, 6.07) is -0.661. The van der Waals surface area contributed by atoms with Crippen LogP contribution in [0.25, 0.3) is 0 Å². The Morgan fingerprint density at radius 1 is 1.50 bits per heavy atom. The summed E-state index contributed by atoms with van der Waals surface area (Å²) in [6.07, 6.45) is 1.47. The van der Waals surface area contributed by atoms with Crippen molar-refractivity contribution in [1.82, 2.24) is 20.4 Å². The van der Waals surface area contributed by atoms with Crippen LogP contribution in [0.2, 0.25) is 0 Å². The molecule has 9 nitrogen and oxygen atoms in total. The molecule has 1 rings (SSSR count). The highest BCUT2D eigenvalue weighted by Crippen LogP contribution is 2.21. The first-order valence-corrected chi connectivity index (χ1v) is 5.73. The molecule has 2 N–H and O–H groups in total. The largest absolute Gasteiger partial charge is 0.334 e. The van der Waals surface area contributed by atoms with Crippen LogP contribution in [-0.4, -0.2) is 33.2 Å². The van der Waals surface area contributed by atoms with Crippen LogP contribution < -0.4 is 10.6 Å². The van der Waals surface area contributed by atoms with Crippen LogP contribution >= 0.6 is 0 Å². The summed E-state index contributed by atoms with van der Waals surface area (Å²) in [6.45, 7) is 6.34. The number of nitrogens with one attached hydrogen (secondary N) is 2. The number of amides is 3. The van der Waals surface area contributed by atoms with Crippen LogP contribution in [0.15, 0.2) is 12.7 Å². The molecule has 0 aliphatic carbocycles. The zero-order valence-electron chi connectivity index (χ0n) is 11.2. The molecule has 0 saturated carbocycles. The zero-order chi connectivity index (χ0) is 15.3. The van der Waals surface area contributed by atoms with E-state index in [2.05, 4.69) is 22.3 Å². The number of aromatic nitrogens is 2. The fraction of sp³-hybridized carbons (Fsp3) is 0.364. The number of imide groups is 1. The van der Waals surface area contributed by atoms with E-state index in [1.54, 1.807) is 0 Å². The van der Waals surface area contributed by atoms with E-state index in [-0.39, 0.29) is 30.2 Å². The molecule has 9 heteroatoms. The molecular weight excluding hydrogens is 266 g/mol. The molecule has 20 heavy (non-hydrogen) atoms. The first-order chi connectivity index (χ1) is 9.36. The predicted octanol–water partition coefficient (Wildman–Crippen LogP) is 0.420. The molecule has 1 heterocycles. The summed E-state index contributed by atoms with van der Waals surface area (Å²) in [4.78, 5) is 33.1. The van der Waals surface area contributed by atoms with E-state index in [9.17, 15) is 19.7 Å². The predicted molar refractivity (Wildman–Crippen MR) is 70.1 cm³/mol. The summed E-state index contributed by atoms with van der Waals surface area (Å²) in [5.74, 6) is -0.618. The summed E-state index contributed by atoms with van der Waals surface area (Å²) in [7, 11) is 0. The maximum atomic E-state index is 11.6. The van der Waals surface area contributed by atoms with Crippen molar-refractivity contribution in [2.75, 3.05) is 6.54 Å². The van der Waals surface area contributed by atoms with Gasteiger partial charge in [-0.05, 0) is 13.8 Å². The number of rotatable bonds is 5. The summed E-state index contributed by atoms with van der Waals surface area (Å²) in [5, 5.41) is 19.2. The Morgan fingerprint density at radius 2 is 2.15 bits per heavy atom. The van der Waals surface area contributed by atoms with Gasteiger partial charge in [0.2, 0.25) is 5.91 Å². The third-order valence-electron chi connectivity index (χ3n) is 2.48. The van der Waals surface area contributed by atoms with Crippen molar-refractivity contribution in [1.29, 1.82) is 0 Å². The van der Waals surface area contributed by atoms with Gasteiger partial charge < -0.3 is 5.32 Å². The SMILES string of the molecule is C=CCNC(=O)NC(=O)Cn1nc(C)c([N+](=O)[O-])c1C. The molecule has 108 valence electrons. The molecule has 0 radical (unpaired) electrons. The minimum atomic E-state index is -0.661. The van der Waals surface area contributed by atoms with Crippen LogP contribution in [0.1, 0.15) is 11.4 Å². The van der Waals surface area contributed by atoms with Crippen LogP contribution in [0.3, 0.4) is 0 Å². The van der Waals surface area contributed by atoms with E-state index >= 15 is 0 Å². The average molecular weight is 281 g/mol. The lowest BCUT2D eigenvalue weighted by atomic mass is 10.3. The van der Waals surface area contributed by atoms with E-state index in [1.165, 1.54) is 24.6 Å². The molecule has 0 spiro atoms. The molecule has 0 unspecified atom stereocenters. The minimum absolute atomic E-state index is 0.131. The highest BCUT2D eigenvalue weighted by molar-refractivity contribution is 5.94. The summed E-state index contributed by atoms with van der Waals surface area (Å²) >= 11 is 0. The van der Waals surface area contributed by atoms with Gasteiger partial charge in [-0.15, -0.1) is 6.58 Å². The zero-order valence-corrected chi connectivity index (χ0v) is 11.2. The first-order valence-electron chi connectivity index (χ1n) is 5.73. The topological polar surface area (TPSA) is 119 Å². The van der Waals surface area contributed by atoms with E-state index < -0.39 is 16.9 Å². The van der Waals surface area contributed by atoms with Gasteiger partial charge in [0.25, 0.3) is 0 Å². The Morgan fingerprint density at radius 3 is 2.65 bits per heavy atom. The Bertz CT molecular complexity index is 563. The Balaban J connectivity index is 2.72. The molecule has 0 aromatic carbocycles. The van der Waals surface area contributed by atoms with E-state index in [0.717, 1.165) is 0 Å². The van der Waals surface area contributed by atoms with Gasteiger partial charge in [-0.2, -0.15) is 5.10 Å². The van der Waals surface area contributed by atoms with Gasteiger partial charge in [-0.3, -0.25) is 24.9 Å². The molecule has 0 fully saturated rings. The number of nitrogens with zero attached hydrogens (tertiary/aromatic N) is 3. The second-order valence-electron chi connectivity index (χ2n) is 3.98. The fourth-order valence-electron chi connectivity index (χ4n) is 1.62. The number of hydrogen-bond donors (Lipinski definition) is 2. The molecule has 0 saturated heterocycles. The third-order valence-corrected chi connectivity index (χ3v) is 2.48. The van der Waals surface area contributed by atoms with E-state index in [4.69, 9.17) is 0 Å². The lowest BCUT2D eigenvalue weighted by Crippen LogP contribution is -2.41. The molecule has 1 aromatic rings. The highest BCUT2D eigenvalue weighted by Gasteiger charge is 2.22. The summed E-state index contributed by atoms with van der Waals surface area (Å²) in [5.41, 5.74) is 0.347. The van der Waals surface area contributed by atoms with Gasteiger partial charge in [0.05, 0.1) is 4.92 Å². The number of urea groups is 1. The van der Waals surface area contributed by atoms with Crippen LogP contribution in [0, 0.1) is 24.0 Å². The van der Waals surface area contributed by atoms with Gasteiger partial charge in [0, 0.05) is 6.54 Å².